The lowest BCUT2D eigenvalue weighted by molar-refractivity contribution is 0.264. The van der Waals surface area contributed by atoms with Crippen LogP contribution in [0.15, 0.2) is 18.2 Å². The topological polar surface area (TPSA) is 50.9 Å². The number of aryl methyl sites for hydroxylation is 1. The van der Waals surface area contributed by atoms with E-state index in [-0.39, 0.29) is 12.4 Å². The summed E-state index contributed by atoms with van der Waals surface area (Å²) < 4.78 is 15.1. The Hall–Kier alpha value is -1.75. The number of nitrogens with zero attached hydrogens (tertiary/aromatic N) is 3. The maximum atomic E-state index is 13.3. The Morgan fingerprint density at radius 1 is 1.33 bits per heavy atom. The van der Waals surface area contributed by atoms with Crippen molar-refractivity contribution in [2.75, 3.05) is 0 Å². The van der Waals surface area contributed by atoms with Crippen molar-refractivity contribution in [1.29, 1.82) is 0 Å². The summed E-state index contributed by atoms with van der Waals surface area (Å²) in [7, 11) is 0. The van der Waals surface area contributed by atoms with Gasteiger partial charge < -0.3 is 9.67 Å². The molecule has 96 valence electrons. The summed E-state index contributed by atoms with van der Waals surface area (Å²) in [6.45, 7) is 4.34. The van der Waals surface area contributed by atoms with Gasteiger partial charge in [-0.15, -0.1) is 10.2 Å². The highest BCUT2D eigenvalue weighted by atomic mass is 19.1. The minimum Gasteiger partial charge on any atom is -0.388 e. The van der Waals surface area contributed by atoms with Crippen LogP contribution in [0.2, 0.25) is 0 Å². The van der Waals surface area contributed by atoms with Crippen molar-refractivity contribution in [3.05, 3.63) is 35.4 Å². The maximum absolute atomic E-state index is 13.3. The van der Waals surface area contributed by atoms with Gasteiger partial charge in [-0.25, -0.2) is 4.39 Å². The zero-order valence-corrected chi connectivity index (χ0v) is 10.5. The highest BCUT2D eigenvalue weighted by molar-refractivity contribution is 5.56. The smallest absolute Gasteiger partial charge is 0.164 e. The van der Waals surface area contributed by atoms with E-state index < -0.39 is 0 Å². The van der Waals surface area contributed by atoms with E-state index in [2.05, 4.69) is 10.2 Å². The van der Waals surface area contributed by atoms with Crippen LogP contribution in [0, 0.1) is 12.7 Å². The minimum atomic E-state index is -0.234. The van der Waals surface area contributed by atoms with E-state index in [4.69, 9.17) is 0 Å². The first-order valence-corrected chi connectivity index (χ1v) is 5.96. The van der Waals surface area contributed by atoms with E-state index in [0.717, 1.165) is 18.5 Å². The molecular formula is C13H16FN3O. The predicted molar refractivity (Wildman–Crippen MR) is 66.4 cm³/mol. The third kappa shape index (κ3) is 2.26. The van der Waals surface area contributed by atoms with Gasteiger partial charge in [0.2, 0.25) is 0 Å². The summed E-state index contributed by atoms with van der Waals surface area (Å²) in [6, 6.07) is 4.85. The van der Waals surface area contributed by atoms with Crippen LogP contribution in [0.25, 0.3) is 11.4 Å². The number of halogens is 1. The van der Waals surface area contributed by atoms with Crippen molar-refractivity contribution in [2.45, 2.75) is 33.4 Å². The van der Waals surface area contributed by atoms with Crippen molar-refractivity contribution in [1.82, 2.24) is 14.8 Å². The fourth-order valence-electron chi connectivity index (χ4n) is 1.91. The first-order chi connectivity index (χ1) is 8.67. The van der Waals surface area contributed by atoms with E-state index in [0.29, 0.717) is 17.2 Å². The molecule has 0 spiro atoms. The van der Waals surface area contributed by atoms with Gasteiger partial charge in [0.1, 0.15) is 12.4 Å². The Kier molecular flexibility index (Phi) is 3.72. The molecule has 0 radical (unpaired) electrons. The lowest BCUT2D eigenvalue weighted by Gasteiger charge is -2.08. The van der Waals surface area contributed by atoms with Crippen LogP contribution in [0.4, 0.5) is 4.39 Å². The van der Waals surface area contributed by atoms with Gasteiger partial charge in [-0.2, -0.15) is 0 Å². The fourth-order valence-corrected chi connectivity index (χ4v) is 1.91. The molecule has 0 bridgehead atoms. The molecular weight excluding hydrogens is 233 g/mol. The van der Waals surface area contributed by atoms with Crippen molar-refractivity contribution in [2.24, 2.45) is 0 Å². The van der Waals surface area contributed by atoms with Crippen LogP contribution >= 0.6 is 0 Å². The molecule has 4 nitrogen and oxygen atoms in total. The second kappa shape index (κ2) is 5.27. The van der Waals surface area contributed by atoms with Crippen molar-refractivity contribution in [3.8, 4) is 11.4 Å². The van der Waals surface area contributed by atoms with Gasteiger partial charge in [-0.1, -0.05) is 6.92 Å². The SMILES string of the molecule is CCCn1c(CO)nnc1-c1ccc(F)c(C)c1. The van der Waals surface area contributed by atoms with Gasteiger partial charge in [0, 0.05) is 12.1 Å². The highest BCUT2D eigenvalue weighted by Crippen LogP contribution is 2.21. The standard InChI is InChI=1S/C13H16FN3O/c1-3-6-17-12(8-18)15-16-13(17)10-4-5-11(14)9(2)7-10/h4-5,7,18H,3,6,8H2,1-2H3. The Morgan fingerprint density at radius 3 is 2.72 bits per heavy atom. The molecule has 0 fully saturated rings. The van der Waals surface area contributed by atoms with Crippen LogP contribution in [-0.2, 0) is 13.2 Å². The van der Waals surface area contributed by atoms with Crippen molar-refractivity contribution >= 4 is 0 Å². The summed E-state index contributed by atoms with van der Waals surface area (Å²) in [5.74, 6) is 0.973. The molecule has 0 unspecified atom stereocenters. The molecule has 1 N–H and O–H groups in total. The second-order valence-corrected chi connectivity index (χ2v) is 4.21. The monoisotopic (exact) mass is 249 g/mol. The van der Waals surface area contributed by atoms with E-state index >= 15 is 0 Å². The molecule has 2 rings (SSSR count). The predicted octanol–water partition coefficient (Wildman–Crippen LogP) is 2.29. The first kappa shape index (κ1) is 12.7. The number of rotatable bonds is 4. The number of aromatic nitrogens is 3. The summed E-state index contributed by atoms with van der Waals surface area (Å²) in [5, 5.41) is 17.2. The second-order valence-electron chi connectivity index (χ2n) is 4.21. The number of aliphatic hydroxyl groups is 1. The molecule has 18 heavy (non-hydrogen) atoms. The molecule has 0 aliphatic heterocycles. The number of hydrogen-bond acceptors (Lipinski definition) is 3. The lowest BCUT2D eigenvalue weighted by atomic mass is 10.1. The molecule has 0 aliphatic rings. The normalized spacial score (nSPS) is 10.9. The fraction of sp³-hybridized carbons (Fsp3) is 0.385. The molecule has 5 heteroatoms. The Morgan fingerprint density at radius 2 is 2.11 bits per heavy atom. The maximum Gasteiger partial charge on any atom is 0.164 e. The van der Waals surface area contributed by atoms with Gasteiger partial charge in [0.15, 0.2) is 11.6 Å². The Bertz CT molecular complexity index is 551. The van der Waals surface area contributed by atoms with Crippen molar-refractivity contribution < 1.29 is 9.50 Å². The number of aliphatic hydroxyl groups excluding tert-OH is 1. The number of hydrogen-bond donors (Lipinski definition) is 1. The van der Waals surface area contributed by atoms with Crippen LogP contribution in [0.5, 0.6) is 0 Å². The summed E-state index contributed by atoms with van der Waals surface area (Å²) in [5.41, 5.74) is 1.39. The van der Waals surface area contributed by atoms with Gasteiger partial charge in [-0.3, -0.25) is 0 Å². The molecule has 0 saturated heterocycles. The zero-order valence-electron chi connectivity index (χ0n) is 10.5. The Labute approximate surface area is 105 Å². The summed E-state index contributed by atoms with van der Waals surface area (Å²) in [6.07, 6.45) is 0.915. The molecule has 1 aromatic carbocycles. The van der Waals surface area contributed by atoms with Crippen LogP contribution < -0.4 is 0 Å². The average Bonchev–Trinajstić information content (AvgIpc) is 2.76. The van der Waals surface area contributed by atoms with Gasteiger partial charge in [-0.05, 0) is 37.1 Å². The van der Waals surface area contributed by atoms with E-state index in [1.54, 1.807) is 19.1 Å². The van der Waals surface area contributed by atoms with Crippen LogP contribution in [-0.4, -0.2) is 19.9 Å². The highest BCUT2D eigenvalue weighted by Gasteiger charge is 2.13. The number of benzene rings is 1. The quantitative estimate of drug-likeness (QED) is 0.904. The van der Waals surface area contributed by atoms with Crippen molar-refractivity contribution in [3.63, 3.8) is 0 Å². The Balaban J connectivity index is 2.49. The van der Waals surface area contributed by atoms with Gasteiger partial charge in [0.25, 0.3) is 0 Å². The lowest BCUT2D eigenvalue weighted by Crippen LogP contribution is -2.05. The molecule has 0 atom stereocenters. The van der Waals surface area contributed by atoms with Crippen LogP contribution in [0.3, 0.4) is 0 Å². The molecule has 1 heterocycles. The molecule has 2 aromatic rings. The van der Waals surface area contributed by atoms with Gasteiger partial charge >= 0.3 is 0 Å². The van der Waals surface area contributed by atoms with Gasteiger partial charge in [0.05, 0.1) is 0 Å². The summed E-state index contributed by atoms with van der Waals surface area (Å²) >= 11 is 0. The molecule has 1 aromatic heterocycles. The van der Waals surface area contributed by atoms with Crippen LogP contribution in [0.1, 0.15) is 24.7 Å². The molecule has 0 saturated carbocycles. The third-order valence-corrected chi connectivity index (χ3v) is 2.83. The molecule has 0 aliphatic carbocycles. The largest absolute Gasteiger partial charge is 0.388 e. The zero-order chi connectivity index (χ0) is 13.1. The third-order valence-electron chi connectivity index (χ3n) is 2.83. The average molecular weight is 249 g/mol. The molecule has 0 amide bonds. The van der Waals surface area contributed by atoms with E-state index in [1.165, 1.54) is 6.07 Å². The van der Waals surface area contributed by atoms with E-state index in [9.17, 15) is 9.50 Å². The van der Waals surface area contributed by atoms with E-state index in [1.807, 2.05) is 11.5 Å². The minimum absolute atomic E-state index is 0.146. The first-order valence-electron chi connectivity index (χ1n) is 5.96. The summed E-state index contributed by atoms with van der Waals surface area (Å²) in [4.78, 5) is 0.